The van der Waals surface area contributed by atoms with Gasteiger partial charge >= 0.3 is 0 Å². The highest BCUT2D eigenvalue weighted by atomic mass is 16.5. The van der Waals surface area contributed by atoms with Crippen molar-refractivity contribution >= 4 is 24.1 Å². The maximum absolute atomic E-state index is 12.0. The van der Waals surface area contributed by atoms with Gasteiger partial charge in [0.05, 0.1) is 12.8 Å². The van der Waals surface area contributed by atoms with Gasteiger partial charge in [-0.1, -0.05) is 12.1 Å². The Balaban J connectivity index is 2.67. The highest BCUT2D eigenvalue weighted by Crippen LogP contribution is 2.07. The fourth-order valence-electron chi connectivity index (χ4n) is 1.86. The van der Waals surface area contributed by atoms with Gasteiger partial charge in [-0.05, 0) is 23.8 Å². The lowest BCUT2D eigenvalue weighted by Crippen LogP contribution is -2.46. The van der Waals surface area contributed by atoms with Gasteiger partial charge in [-0.2, -0.15) is 5.10 Å². The summed E-state index contributed by atoms with van der Waals surface area (Å²) < 4.78 is 0. The number of hydrogen-bond acceptors (Lipinski definition) is 9. The van der Waals surface area contributed by atoms with E-state index in [2.05, 4.69) is 10.5 Å². The number of hydrogen-bond donors (Lipinski definition) is 8. The van der Waals surface area contributed by atoms with Crippen molar-refractivity contribution in [3.8, 4) is 0 Å². The summed E-state index contributed by atoms with van der Waals surface area (Å²) in [5, 5.41) is 58.4. The molecule has 2 amide bonds. The van der Waals surface area contributed by atoms with Gasteiger partial charge in [0, 0.05) is 11.6 Å². The first-order valence-electron chi connectivity index (χ1n) is 7.69. The number of benzene rings is 1. The first-order valence-corrected chi connectivity index (χ1v) is 7.69. The van der Waals surface area contributed by atoms with E-state index < -0.39 is 42.8 Å². The highest BCUT2D eigenvalue weighted by Gasteiger charge is 2.29. The zero-order chi connectivity index (χ0) is 20.4. The molecule has 11 heteroatoms. The molecule has 0 aromatic heterocycles. The van der Waals surface area contributed by atoms with Crippen LogP contribution in [0.4, 0.5) is 0 Å². The molecule has 0 radical (unpaired) electrons. The zero-order valence-corrected chi connectivity index (χ0v) is 14.0. The second-order valence-electron chi connectivity index (χ2n) is 5.38. The van der Waals surface area contributed by atoms with Crippen LogP contribution in [0, 0.1) is 0 Å². The Morgan fingerprint density at radius 2 is 1.85 bits per heavy atom. The topological polar surface area (TPSA) is 192 Å². The molecule has 8 N–H and O–H groups in total. The predicted molar refractivity (Wildman–Crippen MR) is 92.5 cm³/mol. The third-order valence-corrected chi connectivity index (χ3v) is 3.36. The van der Waals surface area contributed by atoms with E-state index in [4.69, 9.17) is 10.3 Å². The van der Waals surface area contributed by atoms with E-state index in [1.807, 2.05) is 0 Å². The van der Waals surface area contributed by atoms with Crippen molar-refractivity contribution in [1.82, 2.24) is 10.9 Å². The van der Waals surface area contributed by atoms with Gasteiger partial charge in [0.15, 0.2) is 0 Å². The summed E-state index contributed by atoms with van der Waals surface area (Å²) in [6, 6.07) is 6.04. The highest BCUT2D eigenvalue weighted by molar-refractivity contribution is 5.95. The number of hydroxylamine groups is 1. The SMILES string of the molecule is O=C(/C=C/c1cccc(C(=O)N/N=C/[C@H](O)[C@H](O)[C@@H](O)[C@@H](O)CO)c1)NO. The summed E-state index contributed by atoms with van der Waals surface area (Å²) in [5.74, 6) is -1.40. The minimum absolute atomic E-state index is 0.171. The fraction of sp³-hybridized carbons (Fsp3) is 0.312. The molecule has 0 spiro atoms. The molecule has 27 heavy (non-hydrogen) atoms. The molecule has 0 heterocycles. The predicted octanol–water partition coefficient (Wildman–Crippen LogP) is -2.64. The second kappa shape index (κ2) is 11.1. The molecule has 0 aliphatic rings. The molecule has 1 rings (SSSR count). The fourth-order valence-corrected chi connectivity index (χ4v) is 1.86. The number of carbonyl (C=O) groups is 2. The molecular formula is C16H21N3O8. The van der Waals surface area contributed by atoms with Crippen LogP contribution in [-0.2, 0) is 4.79 Å². The largest absolute Gasteiger partial charge is 0.394 e. The maximum atomic E-state index is 12.0. The molecule has 11 nitrogen and oxygen atoms in total. The van der Waals surface area contributed by atoms with Crippen molar-refractivity contribution < 1.29 is 40.3 Å². The number of nitrogens with zero attached hydrogens (tertiary/aromatic N) is 1. The van der Waals surface area contributed by atoms with Crippen LogP contribution in [-0.4, -0.2) is 79.8 Å². The van der Waals surface area contributed by atoms with Gasteiger partial charge in [-0.3, -0.25) is 14.8 Å². The summed E-state index contributed by atoms with van der Waals surface area (Å²) in [5.41, 5.74) is 4.18. The van der Waals surface area contributed by atoms with E-state index in [0.717, 1.165) is 12.3 Å². The zero-order valence-electron chi connectivity index (χ0n) is 14.0. The number of aliphatic hydroxyl groups is 5. The quantitative estimate of drug-likeness (QED) is 0.0981. The number of carbonyl (C=O) groups excluding carboxylic acids is 2. The molecule has 0 aliphatic carbocycles. The molecule has 1 aromatic rings. The Morgan fingerprint density at radius 1 is 1.15 bits per heavy atom. The third kappa shape index (κ3) is 7.22. The van der Waals surface area contributed by atoms with Gasteiger partial charge in [0.2, 0.25) is 0 Å². The van der Waals surface area contributed by atoms with Gasteiger partial charge in [-0.25, -0.2) is 10.9 Å². The smallest absolute Gasteiger partial charge is 0.271 e. The van der Waals surface area contributed by atoms with E-state index in [-0.39, 0.29) is 5.56 Å². The minimum atomic E-state index is -1.83. The molecule has 0 aliphatic heterocycles. The summed E-state index contributed by atoms with van der Waals surface area (Å²) in [7, 11) is 0. The molecule has 1 aromatic carbocycles. The van der Waals surface area contributed by atoms with Crippen molar-refractivity contribution in [3.63, 3.8) is 0 Å². The third-order valence-electron chi connectivity index (χ3n) is 3.36. The second-order valence-corrected chi connectivity index (χ2v) is 5.38. The monoisotopic (exact) mass is 383 g/mol. The number of amides is 2. The van der Waals surface area contributed by atoms with Gasteiger partial charge in [0.25, 0.3) is 11.8 Å². The molecule has 0 unspecified atom stereocenters. The summed E-state index contributed by atoms with van der Waals surface area (Å²) in [6.45, 7) is -0.816. The lowest BCUT2D eigenvalue weighted by molar-refractivity contribution is -0.124. The number of aliphatic hydroxyl groups excluding tert-OH is 5. The molecular weight excluding hydrogens is 362 g/mol. The first-order chi connectivity index (χ1) is 12.8. The summed E-state index contributed by atoms with van der Waals surface area (Å²) >= 11 is 0. The van der Waals surface area contributed by atoms with Crippen LogP contribution in [0.15, 0.2) is 35.4 Å². The van der Waals surface area contributed by atoms with Crippen LogP contribution in [0.2, 0.25) is 0 Å². The van der Waals surface area contributed by atoms with Crippen molar-refractivity contribution in [3.05, 3.63) is 41.5 Å². The molecule has 0 bridgehead atoms. The average molecular weight is 383 g/mol. The Morgan fingerprint density at radius 3 is 2.48 bits per heavy atom. The lowest BCUT2D eigenvalue weighted by atomic mass is 10.0. The van der Waals surface area contributed by atoms with Crippen molar-refractivity contribution in [2.45, 2.75) is 24.4 Å². The first kappa shape index (κ1) is 22.4. The number of nitrogens with one attached hydrogen (secondary N) is 2. The van der Waals surface area contributed by atoms with Crippen LogP contribution < -0.4 is 10.9 Å². The van der Waals surface area contributed by atoms with Gasteiger partial charge in [-0.15, -0.1) is 0 Å². The maximum Gasteiger partial charge on any atom is 0.271 e. The average Bonchev–Trinajstić information content (AvgIpc) is 2.69. The number of rotatable bonds is 9. The van der Waals surface area contributed by atoms with Crippen molar-refractivity contribution in [2.24, 2.45) is 5.10 Å². The van der Waals surface area contributed by atoms with Crippen molar-refractivity contribution in [2.75, 3.05) is 6.61 Å². The van der Waals surface area contributed by atoms with E-state index >= 15 is 0 Å². The molecule has 0 saturated heterocycles. The van der Waals surface area contributed by atoms with Gasteiger partial charge < -0.3 is 25.5 Å². The molecule has 4 atom stereocenters. The molecule has 0 saturated carbocycles. The van der Waals surface area contributed by atoms with Crippen LogP contribution in [0.25, 0.3) is 6.08 Å². The normalized spacial score (nSPS) is 16.1. The van der Waals surface area contributed by atoms with E-state index in [0.29, 0.717) is 5.56 Å². The Kier molecular flexibility index (Phi) is 9.22. The van der Waals surface area contributed by atoms with E-state index in [1.54, 1.807) is 12.1 Å². The Bertz CT molecular complexity index is 694. The Labute approximate surface area is 153 Å². The standard InChI is InChI=1S/C16H21N3O8/c20-8-12(22)15(25)14(24)11(21)7-17-18-16(26)10-3-1-2-9(6-10)4-5-13(23)19-27/h1-7,11-12,14-15,20-22,24-25,27H,8H2,(H,18,26)(H,19,23)/b5-4+,17-7+/t11-,12-,14-,15-/m0/s1. The van der Waals surface area contributed by atoms with Crippen LogP contribution in [0.5, 0.6) is 0 Å². The van der Waals surface area contributed by atoms with Crippen molar-refractivity contribution in [1.29, 1.82) is 0 Å². The molecule has 148 valence electrons. The number of hydrazone groups is 1. The van der Waals surface area contributed by atoms with Crippen LogP contribution in [0.1, 0.15) is 15.9 Å². The molecule has 0 fully saturated rings. The lowest BCUT2D eigenvalue weighted by Gasteiger charge is -2.23. The van der Waals surface area contributed by atoms with E-state index in [9.17, 15) is 30.0 Å². The summed E-state index contributed by atoms with van der Waals surface area (Å²) in [4.78, 5) is 22.9. The summed E-state index contributed by atoms with van der Waals surface area (Å²) in [6.07, 6.45) is -3.86. The van der Waals surface area contributed by atoms with Crippen LogP contribution in [0.3, 0.4) is 0 Å². The minimum Gasteiger partial charge on any atom is -0.394 e. The Hall–Kier alpha value is -2.67. The van der Waals surface area contributed by atoms with Gasteiger partial charge in [0.1, 0.15) is 24.4 Å². The van der Waals surface area contributed by atoms with E-state index in [1.165, 1.54) is 23.7 Å². The van der Waals surface area contributed by atoms with Crippen LogP contribution >= 0.6 is 0 Å².